The van der Waals surface area contributed by atoms with Crippen LogP contribution in [0.1, 0.15) is 43.0 Å². The molecular formula is C14H19Br2NOS. The highest BCUT2D eigenvalue weighted by Crippen LogP contribution is 2.32. The van der Waals surface area contributed by atoms with Crippen molar-refractivity contribution < 1.29 is 4.79 Å². The Labute approximate surface area is 135 Å². The normalized spacial score (nSPS) is 23.8. The standard InChI is InChI=1S/C14H19Br2NOS/c1-9-4-3-5-10(6-9)17(2)8-12(18)11-7-13(15)19-14(11)16/h7,9-10H,3-6,8H2,1-2H3. The van der Waals surface area contributed by atoms with Gasteiger partial charge in [0.15, 0.2) is 5.78 Å². The topological polar surface area (TPSA) is 20.3 Å². The van der Waals surface area contributed by atoms with Crippen molar-refractivity contribution in [3.8, 4) is 0 Å². The molecule has 19 heavy (non-hydrogen) atoms. The van der Waals surface area contributed by atoms with Crippen molar-refractivity contribution in [2.75, 3.05) is 13.6 Å². The van der Waals surface area contributed by atoms with Crippen LogP contribution < -0.4 is 0 Å². The molecular weight excluding hydrogens is 390 g/mol. The average molecular weight is 409 g/mol. The lowest BCUT2D eigenvalue weighted by molar-refractivity contribution is 0.0882. The summed E-state index contributed by atoms with van der Waals surface area (Å²) >= 11 is 8.44. The van der Waals surface area contributed by atoms with Gasteiger partial charge in [-0.15, -0.1) is 11.3 Å². The third kappa shape index (κ3) is 4.13. The number of carbonyl (C=O) groups is 1. The molecule has 0 aliphatic heterocycles. The number of likely N-dealkylation sites (N-methyl/N-ethyl adjacent to an activating group) is 1. The van der Waals surface area contributed by atoms with E-state index in [1.807, 2.05) is 6.07 Å². The molecule has 0 bridgehead atoms. The van der Waals surface area contributed by atoms with Crippen molar-refractivity contribution in [3.05, 3.63) is 19.2 Å². The average Bonchev–Trinajstić information content (AvgIpc) is 2.68. The Bertz CT molecular complexity index is 460. The van der Waals surface area contributed by atoms with Gasteiger partial charge < -0.3 is 0 Å². The van der Waals surface area contributed by atoms with E-state index in [0.717, 1.165) is 19.1 Å². The number of halogens is 2. The molecule has 0 radical (unpaired) electrons. The first-order valence-corrected chi connectivity index (χ1v) is 9.06. The van der Waals surface area contributed by atoms with Gasteiger partial charge in [-0.1, -0.05) is 19.8 Å². The van der Waals surface area contributed by atoms with Gasteiger partial charge in [0.25, 0.3) is 0 Å². The second-order valence-corrected chi connectivity index (χ2v) is 9.25. The minimum atomic E-state index is 0.203. The maximum atomic E-state index is 12.3. The van der Waals surface area contributed by atoms with Gasteiger partial charge in [0.2, 0.25) is 0 Å². The summed E-state index contributed by atoms with van der Waals surface area (Å²) in [5.41, 5.74) is 0.799. The lowest BCUT2D eigenvalue weighted by Gasteiger charge is -2.33. The number of rotatable bonds is 4. The molecule has 106 valence electrons. The Balaban J connectivity index is 1.96. The fraction of sp³-hybridized carbons (Fsp3) is 0.643. The Kier molecular flexibility index (Phi) is 5.64. The van der Waals surface area contributed by atoms with Gasteiger partial charge in [-0.25, -0.2) is 0 Å². The molecule has 2 nitrogen and oxygen atoms in total. The van der Waals surface area contributed by atoms with Crippen LogP contribution in [-0.4, -0.2) is 30.3 Å². The van der Waals surface area contributed by atoms with Crippen LogP contribution in [0.25, 0.3) is 0 Å². The summed E-state index contributed by atoms with van der Waals surface area (Å²) < 4.78 is 1.92. The van der Waals surface area contributed by atoms with E-state index in [9.17, 15) is 4.79 Å². The molecule has 5 heteroatoms. The van der Waals surface area contributed by atoms with Crippen LogP contribution in [0, 0.1) is 5.92 Å². The summed E-state index contributed by atoms with van der Waals surface area (Å²) in [5.74, 6) is 0.993. The molecule has 0 spiro atoms. The Morgan fingerprint density at radius 2 is 2.21 bits per heavy atom. The van der Waals surface area contributed by atoms with Crippen LogP contribution in [0.5, 0.6) is 0 Å². The summed E-state index contributed by atoms with van der Waals surface area (Å²) in [7, 11) is 2.08. The van der Waals surface area contributed by atoms with Crippen molar-refractivity contribution in [2.24, 2.45) is 5.92 Å². The Hall–Kier alpha value is 0.290. The molecule has 2 rings (SSSR count). The number of Topliss-reactive ketones (excluding diaryl/α,β-unsaturated/α-hetero) is 1. The van der Waals surface area contributed by atoms with E-state index in [1.54, 1.807) is 11.3 Å². The number of thiophene rings is 1. The largest absolute Gasteiger partial charge is 0.296 e. The van der Waals surface area contributed by atoms with Gasteiger partial charge in [-0.05, 0) is 63.7 Å². The second-order valence-electron chi connectivity index (χ2n) is 5.50. The number of nitrogens with zero attached hydrogens (tertiary/aromatic N) is 1. The molecule has 1 fully saturated rings. The molecule has 0 saturated heterocycles. The van der Waals surface area contributed by atoms with E-state index in [-0.39, 0.29) is 5.78 Å². The third-order valence-corrected chi connectivity index (χ3v) is 6.22. The maximum Gasteiger partial charge on any atom is 0.178 e. The molecule has 1 aromatic heterocycles. The van der Waals surface area contributed by atoms with E-state index in [1.165, 1.54) is 25.7 Å². The lowest BCUT2D eigenvalue weighted by atomic mass is 9.86. The van der Waals surface area contributed by atoms with E-state index < -0.39 is 0 Å². The second kappa shape index (κ2) is 6.83. The quantitative estimate of drug-likeness (QED) is 0.655. The molecule has 1 heterocycles. The Morgan fingerprint density at radius 3 is 2.79 bits per heavy atom. The number of hydrogen-bond donors (Lipinski definition) is 0. The molecule has 0 aromatic carbocycles. The van der Waals surface area contributed by atoms with Gasteiger partial charge in [-0.2, -0.15) is 0 Å². The minimum absolute atomic E-state index is 0.203. The van der Waals surface area contributed by atoms with Gasteiger partial charge in [0.05, 0.1) is 14.1 Å². The fourth-order valence-corrected chi connectivity index (χ4v) is 5.63. The zero-order valence-corrected chi connectivity index (χ0v) is 15.3. The van der Waals surface area contributed by atoms with E-state index in [2.05, 4.69) is 50.7 Å². The summed E-state index contributed by atoms with van der Waals surface area (Å²) in [6.45, 7) is 2.83. The zero-order chi connectivity index (χ0) is 14.0. The monoisotopic (exact) mass is 407 g/mol. The third-order valence-electron chi connectivity index (χ3n) is 3.88. The van der Waals surface area contributed by atoms with Gasteiger partial charge in [-0.3, -0.25) is 9.69 Å². The van der Waals surface area contributed by atoms with Crippen LogP contribution >= 0.6 is 43.2 Å². The first-order chi connectivity index (χ1) is 8.97. The van der Waals surface area contributed by atoms with Gasteiger partial charge in [0.1, 0.15) is 0 Å². The molecule has 1 aliphatic rings. The van der Waals surface area contributed by atoms with Crippen LogP contribution in [-0.2, 0) is 0 Å². The van der Waals surface area contributed by atoms with Crippen LogP contribution in [0.4, 0.5) is 0 Å². The summed E-state index contributed by atoms with van der Waals surface area (Å²) in [6, 6.07) is 2.47. The van der Waals surface area contributed by atoms with Crippen molar-refractivity contribution in [3.63, 3.8) is 0 Å². The predicted octanol–water partition coefficient (Wildman–Crippen LogP) is 4.97. The number of ketones is 1. The molecule has 1 aromatic rings. The van der Waals surface area contributed by atoms with Gasteiger partial charge >= 0.3 is 0 Å². The van der Waals surface area contributed by atoms with E-state index in [4.69, 9.17) is 0 Å². The van der Waals surface area contributed by atoms with Crippen molar-refractivity contribution >= 4 is 49.0 Å². The van der Waals surface area contributed by atoms with Crippen LogP contribution in [0.3, 0.4) is 0 Å². The predicted molar refractivity (Wildman–Crippen MR) is 88.1 cm³/mol. The SMILES string of the molecule is CC1CCCC(N(C)CC(=O)c2cc(Br)sc2Br)C1. The first kappa shape index (κ1) is 15.7. The number of carbonyl (C=O) groups excluding carboxylic acids is 1. The number of hydrogen-bond acceptors (Lipinski definition) is 3. The maximum absolute atomic E-state index is 12.3. The van der Waals surface area contributed by atoms with Gasteiger partial charge in [0, 0.05) is 11.6 Å². The molecule has 0 N–H and O–H groups in total. The zero-order valence-electron chi connectivity index (χ0n) is 11.3. The molecule has 1 aliphatic carbocycles. The Morgan fingerprint density at radius 1 is 1.47 bits per heavy atom. The molecule has 1 saturated carbocycles. The van der Waals surface area contributed by atoms with Crippen LogP contribution in [0.15, 0.2) is 13.6 Å². The highest BCUT2D eigenvalue weighted by Gasteiger charge is 2.24. The molecule has 2 atom stereocenters. The van der Waals surface area contributed by atoms with Crippen LogP contribution in [0.2, 0.25) is 0 Å². The van der Waals surface area contributed by atoms with Crippen molar-refractivity contribution in [1.82, 2.24) is 4.90 Å². The van der Waals surface area contributed by atoms with E-state index in [0.29, 0.717) is 12.6 Å². The highest BCUT2D eigenvalue weighted by atomic mass is 79.9. The van der Waals surface area contributed by atoms with Crippen molar-refractivity contribution in [2.45, 2.75) is 38.6 Å². The molecule has 2 unspecified atom stereocenters. The summed E-state index contributed by atoms with van der Waals surface area (Å²) in [4.78, 5) is 14.6. The lowest BCUT2D eigenvalue weighted by Crippen LogP contribution is -2.38. The molecule has 0 amide bonds. The first-order valence-electron chi connectivity index (χ1n) is 6.65. The summed E-state index contributed by atoms with van der Waals surface area (Å²) in [6.07, 6.45) is 5.07. The highest BCUT2D eigenvalue weighted by molar-refractivity contribution is 9.12. The van der Waals surface area contributed by atoms with E-state index >= 15 is 0 Å². The van der Waals surface area contributed by atoms with Crippen molar-refractivity contribution in [1.29, 1.82) is 0 Å². The minimum Gasteiger partial charge on any atom is -0.296 e. The fourth-order valence-electron chi connectivity index (χ4n) is 2.77. The summed E-state index contributed by atoms with van der Waals surface area (Å²) in [5, 5.41) is 0. The smallest absolute Gasteiger partial charge is 0.178 e.